The Labute approximate surface area is 123 Å². The number of alkyl halides is 2. The van der Waals surface area contributed by atoms with E-state index < -0.39 is 6.55 Å². The second-order valence-electron chi connectivity index (χ2n) is 5.91. The highest BCUT2D eigenvalue weighted by atomic mass is 19.3. The van der Waals surface area contributed by atoms with Crippen molar-refractivity contribution in [2.24, 2.45) is 5.41 Å². The van der Waals surface area contributed by atoms with Crippen LogP contribution in [0.25, 0.3) is 0 Å². The lowest BCUT2D eigenvalue weighted by atomic mass is 9.89. The van der Waals surface area contributed by atoms with Gasteiger partial charge in [0.1, 0.15) is 5.82 Å². The summed E-state index contributed by atoms with van der Waals surface area (Å²) in [5, 5.41) is 5.54. The Bertz CT molecular complexity index is 469. The normalized spacial score (nSPS) is 17.1. The highest BCUT2D eigenvalue weighted by Gasteiger charge is 2.28. The molecule has 5 nitrogen and oxygen atoms in total. The SMILES string of the molecule is CC1(CNC(=O)NCCc2nccn2C(F)F)CCCC1. The van der Waals surface area contributed by atoms with Crippen LogP contribution >= 0.6 is 0 Å². The summed E-state index contributed by atoms with van der Waals surface area (Å²) in [6.45, 7) is 0.523. The van der Waals surface area contributed by atoms with Crippen molar-refractivity contribution < 1.29 is 13.6 Å². The lowest BCUT2D eigenvalue weighted by molar-refractivity contribution is 0.0670. The first kappa shape index (κ1) is 15.7. The van der Waals surface area contributed by atoms with E-state index in [1.54, 1.807) is 0 Å². The fourth-order valence-electron chi connectivity index (χ4n) is 2.76. The number of imidazole rings is 1. The van der Waals surface area contributed by atoms with E-state index in [9.17, 15) is 13.6 Å². The molecule has 21 heavy (non-hydrogen) atoms. The van der Waals surface area contributed by atoms with Crippen molar-refractivity contribution >= 4 is 6.03 Å². The van der Waals surface area contributed by atoms with Gasteiger partial charge in [0.25, 0.3) is 0 Å². The van der Waals surface area contributed by atoms with Gasteiger partial charge in [0, 0.05) is 31.9 Å². The zero-order valence-electron chi connectivity index (χ0n) is 12.2. The number of aromatic nitrogens is 2. The van der Waals surface area contributed by atoms with Crippen molar-refractivity contribution in [1.82, 2.24) is 20.2 Å². The van der Waals surface area contributed by atoms with E-state index in [4.69, 9.17) is 0 Å². The molecule has 0 atom stereocenters. The Kier molecular flexibility index (Phi) is 5.14. The van der Waals surface area contributed by atoms with Crippen LogP contribution in [0.4, 0.5) is 13.6 Å². The first-order valence-electron chi connectivity index (χ1n) is 7.32. The van der Waals surface area contributed by atoms with Crippen molar-refractivity contribution in [2.45, 2.75) is 45.6 Å². The third-order valence-electron chi connectivity index (χ3n) is 4.08. The molecule has 0 saturated heterocycles. The third-order valence-corrected chi connectivity index (χ3v) is 4.08. The molecule has 2 N–H and O–H groups in total. The van der Waals surface area contributed by atoms with Gasteiger partial charge in [-0.15, -0.1) is 0 Å². The van der Waals surface area contributed by atoms with Crippen LogP contribution in [0.15, 0.2) is 12.4 Å². The second-order valence-corrected chi connectivity index (χ2v) is 5.91. The predicted octanol–water partition coefficient (Wildman–Crippen LogP) is 2.70. The molecular weight excluding hydrogens is 278 g/mol. The summed E-state index contributed by atoms with van der Waals surface area (Å²) in [7, 11) is 0. The minimum Gasteiger partial charge on any atom is -0.338 e. The number of nitrogens with one attached hydrogen (secondary N) is 2. The van der Waals surface area contributed by atoms with Crippen LogP contribution < -0.4 is 10.6 Å². The number of carbonyl (C=O) groups is 1. The third kappa shape index (κ3) is 4.41. The molecule has 1 heterocycles. The Morgan fingerprint density at radius 1 is 1.43 bits per heavy atom. The van der Waals surface area contributed by atoms with Crippen LogP contribution in [-0.2, 0) is 6.42 Å². The van der Waals surface area contributed by atoms with Crippen LogP contribution in [0.3, 0.4) is 0 Å². The summed E-state index contributed by atoms with van der Waals surface area (Å²) in [4.78, 5) is 15.6. The van der Waals surface area contributed by atoms with Gasteiger partial charge in [0.2, 0.25) is 0 Å². The second kappa shape index (κ2) is 6.87. The van der Waals surface area contributed by atoms with Crippen LogP contribution in [0, 0.1) is 5.41 Å². The Hall–Kier alpha value is -1.66. The lowest BCUT2D eigenvalue weighted by Crippen LogP contribution is -2.41. The minimum absolute atomic E-state index is 0.198. The Morgan fingerprint density at radius 2 is 2.14 bits per heavy atom. The summed E-state index contributed by atoms with van der Waals surface area (Å²) in [6.07, 6.45) is 7.57. The number of halogens is 2. The number of hydrogen-bond acceptors (Lipinski definition) is 2. The van der Waals surface area contributed by atoms with Gasteiger partial charge in [-0.1, -0.05) is 19.8 Å². The highest BCUT2D eigenvalue weighted by Crippen LogP contribution is 2.36. The van der Waals surface area contributed by atoms with Crippen molar-refractivity contribution in [3.05, 3.63) is 18.2 Å². The molecule has 118 valence electrons. The van der Waals surface area contributed by atoms with E-state index >= 15 is 0 Å². The number of nitrogens with zero attached hydrogens (tertiary/aromatic N) is 2. The fraction of sp³-hybridized carbons (Fsp3) is 0.714. The molecule has 1 aromatic heterocycles. The molecule has 7 heteroatoms. The molecular formula is C14H22F2N4O. The van der Waals surface area contributed by atoms with Gasteiger partial charge in [-0.2, -0.15) is 8.78 Å². The highest BCUT2D eigenvalue weighted by molar-refractivity contribution is 5.73. The molecule has 1 aromatic rings. The van der Waals surface area contributed by atoms with Crippen molar-refractivity contribution in [1.29, 1.82) is 0 Å². The fourth-order valence-corrected chi connectivity index (χ4v) is 2.76. The number of rotatable bonds is 6. The van der Waals surface area contributed by atoms with Gasteiger partial charge < -0.3 is 10.6 Å². The van der Waals surface area contributed by atoms with E-state index in [0.29, 0.717) is 6.54 Å². The smallest absolute Gasteiger partial charge is 0.319 e. The van der Waals surface area contributed by atoms with Gasteiger partial charge in [0.05, 0.1) is 0 Å². The number of hydrogen-bond donors (Lipinski definition) is 2. The van der Waals surface area contributed by atoms with Crippen molar-refractivity contribution in [2.75, 3.05) is 13.1 Å². The maximum Gasteiger partial charge on any atom is 0.319 e. The molecule has 2 amide bonds. The predicted molar refractivity (Wildman–Crippen MR) is 75.2 cm³/mol. The maximum atomic E-state index is 12.6. The molecule has 1 fully saturated rings. The Balaban J connectivity index is 1.68. The zero-order chi connectivity index (χ0) is 15.3. The molecule has 0 radical (unpaired) electrons. The molecule has 1 aliphatic carbocycles. The maximum absolute atomic E-state index is 12.6. The quantitative estimate of drug-likeness (QED) is 0.848. The van der Waals surface area contributed by atoms with Gasteiger partial charge in [-0.25, -0.2) is 9.78 Å². The van der Waals surface area contributed by atoms with Crippen LogP contribution in [0.1, 0.15) is 45.0 Å². The first-order valence-corrected chi connectivity index (χ1v) is 7.32. The standard InChI is InChI=1S/C14H22F2N4O/c1-14(5-2-3-6-14)10-19-13(21)18-7-4-11-17-8-9-20(11)12(15)16/h8-9,12H,2-7,10H2,1H3,(H2,18,19,21). The molecule has 0 aliphatic heterocycles. The average Bonchev–Trinajstić information content (AvgIpc) is 3.06. The van der Waals surface area contributed by atoms with Gasteiger partial charge in [-0.05, 0) is 18.3 Å². The van der Waals surface area contributed by atoms with Crippen LogP contribution in [0.2, 0.25) is 0 Å². The summed E-state index contributed by atoms with van der Waals surface area (Å²) in [5.41, 5.74) is 0.198. The van der Waals surface area contributed by atoms with Gasteiger partial charge in [-0.3, -0.25) is 4.57 Å². The van der Waals surface area contributed by atoms with E-state index in [-0.39, 0.29) is 30.2 Å². The van der Waals surface area contributed by atoms with E-state index in [2.05, 4.69) is 22.5 Å². The van der Waals surface area contributed by atoms with Crippen LogP contribution in [-0.4, -0.2) is 28.7 Å². The summed E-state index contributed by atoms with van der Waals surface area (Å²) < 4.78 is 26.0. The zero-order valence-corrected chi connectivity index (χ0v) is 12.2. The van der Waals surface area contributed by atoms with Crippen molar-refractivity contribution in [3.63, 3.8) is 0 Å². The summed E-state index contributed by atoms with van der Waals surface area (Å²) in [5.74, 6) is 0.271. The lowest BCUT2D eigenvalue weighted by Gasteiger charge is -2.23. The van der Waals surface area contributed by atoms with Gasteiger partial charge in [0.15, 0.2) is 0 Å². The van der Waals surface area contributed by atoms with E-state index in [0.717, 1.165) is 17.4 Å². The number of carbonyl (C=O) groups excluding carboxylic acids is 1. The van der Waals surface area contributed by atoms with E-state index in [1.165, 1.54) is 25.2 Å². The summed E-state index contributed by atoms with van der Waals surface area (Å²) >= 11 is 0. The Morgan fingerprint density at radius 3 is 2.81 bits per heavy atom. The number of amides is 2. The van der Waals surface area contributed by atoms with Crippen LogP contribution in [0.5, 0.6) is 0 Å². The topological polar surface area (TPSA) is 59.0 Å². The molecule has 1 saturated carbocycles. The molecule has 0 spiro atoms. The minimum atomic E-state index is -2.60. The molecule has 2 rings (SSSR count). The largest absolute Gasteiger partial charge is 0.338 e. The van der Waals surface area contributed by atoms with Gasteiger partial charge >= 0.3 is 12.6 Å². The molecule has 0 unspecified atom stereocenters. The first-order chi connectivity index (χ1) is 10.0. The number of urea groups is 1. The van der Waals surface area contributed by atoms with E-state index in [1.807, 2.05) is 0 Å². The van der Waals surface area contributed by atoms with Crippen molar-refractivity contribution in [3.8, 4) is 0 Å². The monoisotopic (exact) mass is 300 g/mol. The average molecular weight is 300 g/mol. The summed E-state index contributed by atoms with van der Waals surface area (Å²) in [6, 6.07) is -0.252. The molecule has 0 aromatic carbocycles. The molecule has 1 aliphatic rings. The molecule has 0 bridgehead atoms.